The monoisotopic (exact) mass is 593 g/mol. The van der Waals surface area contributed by atoms with Gasteiger partial charge in [-0.2, -0.15) is 4.31 Å². The molecule has 1 unspecified atom stereocenters. The number of nitrogens with zero attached hydrogens (tertiary/aromatic N) is 1. The molecule has 1 aliphatic heterocycles. The summed E-state index contributed by atoms with van der Waals surface area (Å²) in [6.45, 7) is 4.70. The first-order chi connectivity index (χ1) is 20.2. The van der Waals surface area contributed by atoms with Crippen molar-refractivity contribution in [1.82, 2.24) is 4.31 Å². The van der Waals surface area contributed by atoms with E-state index in [1.807, 2.05) is 6.92 Å². The van der Waals surface area contributed by atoms with E-state index in [0.29, 0.717) is 22.4 Å². The molecular weight excluding hydrogens is 558 g/mol. The van der Waals surface area contributed by atoms with Crippen molar-refractivity contribution in [3.63, 3.8) is 0 Å². The maximum atomic E-state index is 14.8. The van der Waals surface area contributed by atoms with Gasteiger partial charge in [0, 0.05) is 12.7 Å². The van der Waals surface area contributed by atoms with Crippen molar-refractivity contribution in [2.75, 3.05) is 34.0 Å². The molecule has 0 aliphatic carbocycles. The summed E-state index contributed by atoms with van der Waals surface area (Å²) in [5, 5.41) is 0. The topological polar surface area (TPSA) is 108 Å². The van der Waals surface area contributed by atoms with Gasteiger partial charge in [-0.25, -0.2) is 18.0 Å². The van der Waals surface area contributed by atoms with E-state index < -0.39 is 33.5 Å². The van der Waals surface area contributed by atoms with Gasteiger partial charge in [-0.1, -0.05) is 60.2 Å². The van der Waals surface area contributed by atoms with Crippen LogP contribution in [0.2, 0.25) is 0 Å². The van der Waals surface area contributed by atoms with Crippen LogP contribution in [-0.4, -0.2) is 64.2 Å². The normalized spacial score (nSPS) is 16.7. The molecule has 3 aromatic carbocycles. The fraction of sp³-hybridized carbons (Fsp3) is 0.312. The van der Waals surface area contributed by atoms with Crippen LogP contribution in [-0.2, 0) is 33.8 Å². The van der Waals surface area contributed by atoms with Crippen LogP contribution < -0.4 is 4.74 Å². The second-order valence-corrected chi connectivity index (χ2v) is 11.5. The minimum absolute atomic E-state index is 0.0958. The van der Waals surface area contributed by atoms with Gasteiger partial charge in [0.25, 0.3) is 5.54 Å². The smallest absolute Gasteiger partial charge is 0.344 e. The van der Waals surface area contributed by atoms with Gasteiger partial charge in [-0.3, -0.25) is 0 Å². The fourth-order valence-electron chi connectivity index (χ4n) is 5.33. The number of sulfonamides is 1. The molecule has 4 rings (SSSR count). The van der Waals surface area contributed by atoms with Gasteiger partial charge in [-0.15, -0.1) is 0 Å². The summed E-state index contributed by atoms with van der Waals surface area (Å²) in [5.74, 6) is -1.61. The van der Waals surface area contributed by atoms with Gasteiger partial charge in [0.15, 0.2) is 0 Å². The van der Waals surface area contributed by atoms with Gasteiger partial charge in [0.2, 0.25) is 10.0 Å². The highest BCUT2D eigenvalue weighted by atomic mass is 32.2. The predicted molar refractivity (Wildman–Crippen MR) is 157 cm³/mol. The molecule has 1 atom stereocenters. The predicted octanol–water partition coefficient (Wildman–Crippen LogP) is 4.71. The average Bonchev–Trinajstić information content (AvgIpc) is 3.31. The lowest BCUT2D eigenvalue weighted by Gasteiger charge is -2.38. The largest absolute Gasteiger partial charge is 0.497 e. The molecule has 0 spiro atoms. The summed E-state index contributed by atoms with van der Waals surface area (Å²) in [6.07, 6.45) is 0. The molecule has 1 heterocycles. The number of hydrogen-bond donors (Lipinski definition) is 0. The van der Waals surface area contributed by atoms with Gasteiger partial charge < -0.3 is 18.9 Å². The molecule has 9 nitrogen and oxygen atoms in total. The Labute approximate surface area is 246 Å². The Morgan fingerprint density at radius 2 is 1.40 bits per heavy atom. The van der Waals surface area contributed by atoms with E-state index >= 15 is 0 Å². The zero-order valence-corrected chi connectivity index (χ0v) is 25.1. The molecule has 10 heteroatoms. The highest BCUT2D eigenvalue weighted by Crippen LogP contribution is 2.55. The first-order valence-electron chi connectivity index (χ1n) is 13.6. The first-order valence-corrected chi connectivity index (χ1v) is 15.0. The Balaban J connectivity index is 2.21. The molecular formula is C32H35NO8S. The van der Waals surface area contributed by atoms with Crippen LogP contribution in [0.5, 0.6) is 5.75 Å². The number of methoxy groups -OCH3 is 2. The maximum Gasteiger partial charge on any atom is 0.344 e. The number of esters is 2. The van der Waals surface area contributed by atoms with Crippen LogP contribution in [0.25, 0.3) is 5.57 Å². The van der Waals surface area contributed by atoms with Crippen LogP contribution in [0.1, 0.15) is 36.6 Å². The molecule has 0 fully saturated rings. The quantitative estimate of drug-likeness (QED) is 0.232. The molecule has 0 N–H and O–H groups in total. The number of hydrogen-bond acceptors (Lipinski definition) is 8. The molecule has 1 aliphatic rings. The zero-order chi connectivity index (χ0) is 30.5. The molecule has 0 saturated carbocycles. The van der Waals surface area contributed by atoms with Gasteiger partial charge in [-0.05, 0) is 61.7 Å². The van der Waals surface area contributed by atoms with Crippen molar-refractivity contribution in [1.29, 1.82) is 0 Å². The lowest BCUT2D eigenvalue weighted by molar-refractivity contribution is -0.166. The van der Waals surface area contributed by atoms with Crippen molar-refractivity contribution in [2.45, 2.75) is 37.2 Å². The summed E-state index contributed by atoms with van der Waals surface area (Å²) in [7, 11) is -1.60. The Bertz CT molecular complexity index is 1530. The molecule has 42 heavy (non-hydrogen) atoms. The standard InChI is InChI=1S/C32H35NO8S/c1-6-40-30(34)32(31(35)41-7-2)28(23-15-17-25(39-5)18-16-23)27(21-38-4)29(24-11-9-8-10-12-24)33(32)42(36,37)26-19-13-22(3)14-20-26/h8-20,29H,6-7,21H2,1-5H3. The van der Waals surface area contributed by atoms with Crippen molar-refractivity contribution < 1.29 is 37.0 Å². The second-order valence-electron chi connectivity index (χ2n) is 9.64. The van der Waals surface area contributed by atoms with Crippen molar-refractivity contribution in [2.24, 2.45) is 0 Å². The Morgan fingerprint density at radius 3 is 1.90 bits per heavy atom. The van der Waals surface area contributed by atoms with Crippen molar-refractivity contribution in [3.8, 4) is 5.75 Å². The number of benzene rings is 3. The Kier molecular flexibility index (Phi) is 9.50. The summed E-state index contributed by atoms with van der Waals surface area (Å²) >= 11 is 0. The van der Waals surface area contributed by atoms with E-state index in [1.54, 1.807) is 80.6 Å². The van der Waals surface area contributed by atoms with Crippen molar-refractivity contribution >= 4 is 27.5 Å². The lowest BCUT2D eigenvalue weighted by Crippen LogP contribution is -2.61. The van der Waals surface area contributed by atoms with E-state index in [9.17, 15) is 18.0 Å². The molecule has 0 amide bonds. The molecule has 222 valence electrons. The fourth-order valence-corrected chi connectivity index (χ4v) is 7.16. The van der Waals surface area contributed by atoms with Crippen molar-refractivity contribution in [3.05, 3.63) is 101 Å². The van der Waals surface area contributed by atoms with E-state index in [0.717, 1.165) is 9.87 Å². The first kappa shape index (κ1) is 31.0. The number of carbonyl (C=O) groups is 2. The number of rotatable bonds is 11. The average molecular weight is 594 g/mol. The molecule has 0 saturated heterocycles. The Hall–Kier alpha value is -3.99. The Morgan fingerprint density at radius 1 is 0.833 bits per heavy atom. The van der Waals surface area contributed by atoms with Crippen LogP contribution in [0.3, 0.4) is 0 Å². The van der Waals surface area contributed by atoms with E-state index in [1.165, 1.54) is 26.4 Å². The third-order valence-electron chi connectivity index (χ3n) is 7.09. The van der Waals surface area contributed by atoms with Crippen LogP contribution in [0, 0.1) is 6.92 Å². The number of ether oxygens (including phenoxy) is 4. The van der Waals surface area contributed by atoms with Gasteiger partial charge in [0.1, 0.15) is 5.75 Å². The summed E-state index contributed by atoms with van der Waals surface area (Å²) in [4.78, 5) is 28.6. The van der Waals surface area contributed by atoms with E-state index in [4.69, 9.17) is 18.9 Å². The minimum atomic E-state index is -4.58. The summed E-state index contributed by atoms with van der Waals surface area (Å²) < 4.78 is 52.6. The van der Waals surface area contributed by atoms with Crippen LogP contribution in [0.4, 0.5) is 0 Å². The van der Waals surface area contributed by atoms with E-state index in [-0.39, 0.29) is 30.3 Å². The minimum Gasteiger partial charge on any atom is -0.497 e. The highest BCUT2D eigenvalue weighted by Gasteiger charge is 2.68. The molecule has 0 aromatic heterocycles. The maximum absolute atomic E-state index is 14.8. The van der Waals surface area contributed by atoms with Gasteiger partial charge >= 0.3 is 11.9 Å². The third kappa shape index (κ3) is 5.33. The second kappa shape index (κ2) is 12.9. The molecule has 0 radical (unpaired) electrons. The highest BCUT2D eigenvalue weighted by molar-refractivity contribution is 7.89. The number of aryl methyl sites for hydroxylation is 1. The van der Waals surface area contributed by atoms with Gasteiger partial charge in [0.05, 0.1) is 37.9 Å². The molecule has 3 aromatic rings. The zero-order valence-electron chi connectivity index (χ0n) is 24.3. The summed E-state index contributed by atoms with van der Waals surface area (Å²) in [5.41, 5.74) is -0.250. The van der Waals surface area contributed by atoms with Crippen LogP contribution >= 0.6 is 0 Å². The van der Waals surface area contributed by atoms with Crippen LogP contribution in [0.15, 0.2) is 89.3 Å². The SMILES string of the molecule is CCOC(=O)C1(C(=O)OCC)C(c2ccc(OC)cc2)=C(COC)C(c2ccccc2)N1S(=O)(=O)c1ccc(C)cc1. The lowest BCUT2D eigenvalue weighted by atomic mass is 9.84. The van der Waals surface area contributed by atoms with E-state index in [2.05, 4.69) is 0 Å². The number of carbonyl (C=O) groups excluding carboxylic acids is 2. The third-order valence-corrected chi connectivity index (χ3v) is 8.96. The summed E-state index contributed by atoms with van der Waals surface area (Å²) in [6, 6.07) is 20.6. The molecule has 0 bridgehead atoms.